The predicted octanol–water partition coefficient (Wildman–Crippen LogP) is 2.88. The van der Waals surface area contributed by atoms with Gasteiger partial charge in [-0.2, -0.15) is 0 Å². The molecule has 3 heterocycles. The van der Waals surface area contributed by atoms with Crippen LogP contribution in [0.1, 0.15) is 44.9 Å². The van der Waals surface area contributed by atoms with Crippen LogP contribution >= 0.6 is 0 Å². The van der Waals surface area contributed by atoms with Crippen LogP contribution in [0.25, 0.3) is 16.7 Å². The Labute approximate surface area is 151 Å². The Bertz CT molecular complexity index is 980. The average molecular weight is 352 g/mol. The van der Waals surface area contributed by atoms with Crippen LogP contribution in [0.2, 0.25) is 0 Å². The number of nitrogens with one attached hydrogen (secondary N) is 1. The molecule has 1 saturated carbocycles. The van der Waals surface area contributed by atoms with Crippen molar-refractivity contribution in [3.05, 3.63) is 47.0 Å². The fourth-order valence-electron chi connectivity index (χ4n) is 3.93. The fourth-order valence-corrected chi connectivity index (χ4v) is 3.93. The summed E-state index contributed by atoms with van der Waals surface area (Å²) in [7, 11) is 0. The lowest BCUT2D eigenvalue weighted by Gasteiger charge is -2.17. The number of carbonyl (C=O) groups is 1. The third-order valence-corrected chi connectivity index (χ3v) is 5.28. The molecular formula is C20H24N4O2. The second kappa shape index (κ2) is 7.32. The summed E-state index contributed by atoms with van der Waals surface area (Å²) in [4.78, 5) is 29.6. The summed E-state index contributed by atoms with van der Waals surface area (Å²) in [6.07, 6.45) is 10.8. The van der Waals surface area contributed by atoms with E-state index >= 15 is 0 Å². The molecular weight excluding hydrogens is 328 g/mol. The molecule has 1 fully saturated rings. The Kier molecular flexibility index (Phi) is 4.73. The van der Waals surface area contributed by atoms with E-state index in [0.717, 1.165) is 18.4 Å². The zero-order chi connectivity index (χ0) is 17.9. The number of aryl methyl sites for hydroxylation is 1. The van der Waals surface area contributed by atoms with Crippen LogP contribution in [0, 0.1) is 0 Å². The first-order valence-corrected chi connectivity index (χ1v) is 9.48. The molecule has 1 amide bonds. The molecule has 6 nitrogen and oxygen atoms in total. The highest BCUT2D eigenvalue weighted by Gasteiger charge is 2.16. The van der Waals surface area contributed by atoms with Crippen molar-refractivity contribution in [3.63, 3.8) is 0 Å². The minimum Gasteiger partial charge on any atom is -0.353 e. The standard InChI is InChI=1S/C20H24N4O2/c25-18(22-15-7-3-1-2-4-8-15)11-14-24-19-16(9-5-12-21-19)23-13-6-10-17(23)20(24)26/h5-6,9-10,12-13,15H,1-4,7-8,11,14H2,(H,22,25). The van der Waals surface area contributed by atoms with Crippen LogP contribution < -0.4 is 10.9 Å². The van der Waals surface area contributed by atoms with E-state index in [1.54, 1.807) is 16.8 Å². The Morgan fingerprint density at radius 3 is 2.69 bits per heavy atom. The Hall–Kier alpha value is -2.63. The van der Waals surface area contributed by atoms with Gasteiger partial charge in [0.05, 0.1) is 5.52 Å². The van der Waals surface area contributed by atoms with Crippen LogP contribution in [0.5, 0.6) is 0 Å². The molecule has 26 heavy (non-hydrogen) atoms. The minimum absolute atomic E-state index is 0.0168. The first kappa shape index (κ1) is 16.8. The molecule has 1 aliphatic rings. The summed E-state index contributed by atoms with van der Waals surface area (Å²) >= 11 is 0. The summed E-state index contributed by atoms with van der Waals surface area (Å²) < 4.78 is 3.48. The van der Waals surface area contributed by atoms with E-state index in [4.69, 9.17) is 0 Å². The van der Waals surface area contributed by atoms with Crippen molar-refractivity contribution >= 4 is 22.6 Å². The van der Waals surface area contributed by atoms with Gasteiger partial charge >= 0.3 is 0 Å². The van der Waals surface area contributed by atoms with Crippen molar-refractivity contribution in [1.29, 1.82) is 0 Å². The highest BCUT2D eigenvalue weighted by molar-refractivity contribution is 5.77. The molecule has 1 N–H and O–H groups in total. The van der Waals surface area contributed by atoms with Crippen LogP contribution in [0.15, 0.2) is 41.5 Å². The molecule has 0 atom stereocenters. The maximum Gasteiger partial charge on any atom is 0.276 e. The highest BCUT2D eigenvalue weighted by Crippen LogP contribution is 2.17. The number of fused-ring (bicyclic) bond motifs is 3. The Balaban J connectivity index is 1.55. The molecule has 1 aliphatic carbocycles. The molecule has 3 aromatic rings. The van der Waals surface area contributed by atoms with E-state index in [-0.39, 0.29) is 17.5 Å². The van der Waals surface area contributed by atoms with Gasteiger partial charge in [0.15, 0.2) is 5.65 Å². The molecule has 136 valence electrons. The first-order valence-electron chi connectivity index (χ1n) is 9.48. The zero-order valence-electron chi connectivity index (χ0n) is 14.9. The largest absolute Gasteiger partial charge is 0.353 e. The normalized spacial score (nSPS) is 16.0. The first-order chi connectivity index (χ1) is 12.7. The third kappa shape index (κ3) is 3.23. The topological polar surface area (TPSA) is 68.4 Å². The van der Waals surface area contributed by atoms with Crippen molar-refractivity contribution in [3.8, 4) is 0 Å². The van der Waals surface area contributed by atoms with Gasteiger partial charge in [-0.3, -0.25) is 14.2 Å². The monoisotopic (exact) mass is 352 g/mol. The van der Waals surface area contributed by atoms with E-state index < -0.39 is 0 Å². The van der Waals surface area contributed by atoms with Crippen LogP contribution in [0.4, 0.5) is 0 Å². The second-order valence-corrected chi connectivity index (χ2v) is 7.07. The molecule has 0 bridgehead atoms. The summed E-state index contributed by atoms with van der Waals surface area (Å²) in [5.41, 5.74) is 1.98. The fraction of sp³-hybridized carbons (Fsp3) is 0.450. The van der Waals surface area contributed by atoms with E-state index in [1.807, 2.05) is 28.8 Å². The van der Waals surface area contributed by atoms with E-state index in [0.29, 0.717) is 24.1 Å². The number of pyridine rings is 1. The van der Waals surface area contributed by atoms with E-state index in [9.17, 15) is 9.59 Å². The summed E-state index contributed by atoms with van der Waals surface area (Å²) in [5.74, 6) is 0.0168. The lowest BCUT2D eigenvalue weighted by Crippen LogP contribution is -2.35. The SMILES string of the molecule is O=C(CCn1c(=O)c2cccn2c2cccnc21)NC1CCCCCC1. The van der Waals surface area contributed by atoms with Crippen molar-refractivity contribution in [2.24, 2.45) is 0 Å². The highest BCUT2D eigenvalue weighted by atomic mass is 16.2. The molecule has 0 unspecified atom stereocenters. The maximum absolute atomic E-state index is 12.8. The predicted molar refractivity (Wildman–Crippen MR) is 101 cm³/mol. The van der Waals surface area contributed by atoms with Gasteiger partial charge in [0.1, 0.15) is 5.52 Å². The maximum atomic E-state index is 12.8. The molecule has 0 saturated heterocycles. The summed E-state index contributed by atoms with van der Waals surface area (Å²) in [6.45, 7) is 0.340. The van der Waals surface area contributed by atoms with Crippen LogP contribution in [0.3, 0.4) is 0 Å². The zero-order valence-corrected chi connectivity index (χ0v) is 14.9. The Morgan fingerprint density at radius 1 is 1.12 bits per heavy atom. The molecule has 0 aromatic carbocycles. The van der Waals surface area contributed by atoms with Gasteiger partial charge in [-0.15, -0.1) is 0 Å². The molecule has 3 aromatic heterocycles. The third-order valence-electron chi connectivity index (χ3n) is 5.28. The quantitative estimate of drug-likeness (QED) is 0.734. The number of amides is 1. The van der Waals surface area contributed by atoms with Gasteiger partial charge in [-0.25, -0.2) is 4.98 Å². The van der Waals surface area contributed by atoms with Gasteiger partial charge in [0.25, 0.3) is 5.56 Å². The molecule has 0 radical (unpaired) electrons. The smallest absolute Gasteiger partial charge is 0.276 e. The van der Waals surface area contributed by atoms with Crippen molar-refractivity contribution in [1.82, 2.24) is 19.3 Å². The molecule has 4 rings (SSSR count). The van der Waals surface area contributed by atoms with Crippen LogP contribution in [-0.4, -0.2) is 25.9 Å². The van der Waals surface area contributed by atoms with Crippen molar-refractivity contribution in [2.75, 3.05) is 0 Å². The summed E-state index contributed by atoms with van der Waals surface area (Å²) in [5, 5.41) is 3.15. The lowest BCUT2D eigenvalue weighted by atomic mass is 10.1. The van der Waals surface area contributed by atoms with Crippen molar-refractivity contribution < 1.29 is 4.79 Å². The van der Waals surface area contributed by atoms with Gasteiger partial charge in [-0.05, 0) is 37.1 Å². The number of hydrogen-bond acceptors (Lipinski definition) is 3. The van der Waals surface area contributed by atoms with Crippen LogP contribution in [-0.2, 0) is 11.3 Å². The average Bonchev–Trinajstić information content (AvgIpc) is 3.01. The Morgan fingerprint density at radius 2 is 1.88 bits per heavy atom. The van der Waals surface area contributed by atoms with E-state index in [1.165, 1.54) is 25.7 Å². The van der Waals surface area contributed by atoms with Gasteiger partial charge in [-0.1, -0.05) is 25.7 Å². The number of rotatable bonds is 4. The lowest BCUT2D eigenvalue weighted by molar-refractivity contribution is -0.122. The number of nitrogens with zero attached hydrogens (tertiary/aromatic N) is 3. The van der Waals surface area contributed by atoms with Crippen molar-refractivity contribution in [2.45, 2.75) is 57.5 Å². The van der Waals surface area contributed by atoms with Gasteiger partial charge in [0.2, 0.25) is 5.91 Å². The molecule has 0 aliphatic heterocycles. The number of hydrogen-bond donors (Lipinski definition) is 1. The number of carbonyl (C=O) groups excluding carboxylic acids is 1. The second-order valence-electron chi connectivity index (χ2n) is 7.07. The van der Waals surface area contributed by atoms with Gasteiger partial charge < -0.3 is 9.72 Å². The summed E-state index contributed by atoms with van der Waals surface area (Å²) in [6, 6.07) is 7.74. The van der Waals surface area contributed by atoms with E-state index in [2.05, 4.69) is 10.3 Å². The minimum atomic E-state index is -0.108. The molecule has 0 spiro atoms. The van der Waals surface area contributed by atoms with Gasteiger partial charge in [0, 0.05) is 31.4 Å². The molecule has 6 heteroatoms. The number of aromatic nitrogens is 3.